The third-order valence-corrected chi connectivity index (χ3v) is 4.02. The molecule has 0 spiro atoms. The molecule has 0 aliphatic carbocycles. The molecule has 1 aromatic rings. The van der Waals surface area contributed by atoms with Crippen LogP contribution in [0, 0.1) is 21.4 Å². The molecule has 0 saturated carbocycles. The lowest BCUT2D eigenvalue weighted by Crippen LogP contribution is -2.50. The number of amides is 1. The highest BCUT2D eigenvalue weighted by molar-refractivity contribution is 5.77. The molecule has 1 amide bonds. The molecular weight excluding hydrogens is 350 g/mol. The van der Waals surface area contributed by atoms with Gasteiger partial charge in [-0.2, -0.15) is 5.26 Å². The highest BCUT2D eigenvalue weighted by Gasteiger charge is 2.29. The second kappa shape index (κ2) is 8.58. The Bertz CT molecular complexity index is 730. The van der Waals surface area contributed by atoms with Crippen molar-refractivity contribution in [2.45, 2.75) is 32.8 Å². The summed E-state index contributed by atoms with van der Waals surface area (Å²) in [6.45, 7) is 7.59. The number of piperazine rings is 1. The van der Waals surface area contributed by atoms with Gasteiger partial charge in [0.15, 0.2) is 0 Å². The third kappa shape index (κ3) is 5.48. The molecule has 0 radical (unpaired) electrons. The van der Waals surface area contributed by atoms with Gasteiger partial charge in [0.1, 0.15) is 17.0 Å². The number of nitriles is 1. The van der Waals surface area contributed by atoms with Gasteiger partial charge >= 0.3 is 11.8 Å². The molecule has 2 rings (SSSR count). The Labute approximate surface area is 158 Å². The Morgan fingerprint density at radius 3 is 2.56 bits per heavy atom. The van der Waals surface area contributed by atoms with Crippen molar-refractivity contribution in [3.63, 3.8) is 0 Å². The SMILES string of the molecule is CC(C)(C)OC(=O)N1CCN(c2cccc(NCCC#N)c2[N+](=O)[O-])CC1. The van der Waals surface area contributed by atoms with Gasteiger partial charge in [-0.15, -0.1) is 0 Å². The number of ether oxygens (including phenoxy) is 1. The summed E-state index contributed by atoms with van der Waals surface area (Å²) < 4.78 is 5.38. The number of carbonyl (C=O) groups excluding carboxylic acids is 1. The van der Waals surface area contributed by atoms with E-state index in [0.717, 1.165) is 0 Å². The van der Waals surface area contributed by atoms with Crippen LogP contribution in [0.5, 0.6) is 0 Å². The molecule has 27 heavy (non-hydrogen) atoms. The van der Waals surface area contributed by atoms with Crippen LogP contribution in [0.4, 0.5) is 21.9 Å². The third-order valence-electron chi connectivity index (χ3n) is 4.02. The maximum atomic E-state index is 12.2. The maximum absolute atomic E-state index is 12.2. The molecular formula is C18H25N5O4. The lowest BCUT2D eigenvalue weighted by Gasteiger charge is -2.36. The molecule has 0 aromatic heterocycles. The van der Waals surface area contributed by atoms with Gasteiger partial charge in [0, 0.05) is 32.7 Å². The molecule has 1 heterocycles. The smallest absolute Gasteiger partial charge is 0.410 e. The standard InChI is InChI=1S/C18H25N5O4/c1-18(2,3)27-17(24)22-12-10-21(11-13-22)15-7-4-6-14(16(15)23(25)26)20-9-5-8-19/h4,6-7,20H,5,9-13H2,1-3H3. The van der Waals surface area contributed by atoms with Crippen LogP contribution in [0.15, 0.2) is 18.2 Å². The van der Waals surface area contributed by atoms with E-state index >= 15 is 0 Å². The number of nitro groups is 1. The molecule has 0 unspecified atom stereocenters. The van der Waals surface area contributed by atoms with Crippen molar-refractivity contribution in [1.82, 2.24) is 4.90 Å². The number of nitrogens with zero attached hydrogens (tertiary/aromatic N) is 4. The summed E-state index contributed by atoms with van der Waals surface area (Å²) in [6.07, 6.45) is -0.112. The van der Waals surface area contributed by atoms with Crippen molar-refractivity contribution in [3.8, 4) is 6.07 Å². The first-order chi connectivity index (χ1) is 12.7. The van der Waals surface area contributed by atoms with E-state index in [0.29, 0.717) is 44.1 Å². The lowest BCUT2D eigenvalue weighted by molar-refractivity contribution is -0.383. The van der Waals surface area contributed by atoms with Crippen LogP contribution in [0.25, 0.3) is 0 Å². The minimum absolute atomic E-state index is 0.0128. The molecule has 146 valence electrons. The number of rotatable bonds is 5. The minimum Gasteiger partial charge on any atom is -0.444 e. The monoisotopic (exact) mass is 375 g/mol. The predicted octanol–water partition coefficient (Wildman–Crippen LogP) is 2.98. The van der Waals surface area contributed by atoms with E-state index in [1.165, 1.54) is 0 Å². The van der Waals surface area contributed by atoms with E-state index in [4.69, 9.17) is 10.00 Å². The largest absolute Gasteiger partial charge is 0.444 e. The maximum Gasteiger partial charge on any atom is 0.410 e. The number of anilines is 2. The number of hydrogen-bond acceptors (Lipinski definition) is 7. The van der Waals surface area contributed by atoms with Crippen LogP contribution < -0.4 is 10.2 Å². The van der Waals surface area contributed by atoms with E-state index < -0.39 is 10.5 Å². The minimum atomic E-state index is -0.559. The van der Waals surface area contributed by atoms with E-state index in [9.17, 15) is 14.9 Å². The van der Waals surface area contributed by atoms with Crippen molar-refractivity contribution < 1.29 is 14.5 Å². The number of hydrogen-bond donors (Lipinski definition) is 1. The van der Waals surface area contributed by atoms with Gasteiger partial charge in [-0.25, -0.2) is 4.79 Å². The van der Waals surface area contributed by atoms with E-state index in [-0.39, 0.29) is 18.2 Å². The van der Waals surface area contributed by atoms with Crippen LogP contribution in [0.2, 0.25) is 0 Å². The van der Waals surface area contributed by atoms with E-state index in [2.05, 4.69) is 5.32 Å². The van der Waals surface area contributed by atoms with Crippen LogP contribution in [0.3, 0.4) is 0 Å². The number of para-hydroxylation sites is 1. The normalized spacial score (nSPS) is 14.4. The average Bonchev–Trinajstić information content (AvgIpc) is 2.60. The lowest BCUT2D eigenvalue weighted by atomic mass is 10.2. The van der Waals surface area contributed by atoms with Crippen molar-refractivity contribution in [3.05, 3.63) is 28.3 Å². The quantitative estimate of drug-likeness (QED) is 0.478. The van der Waals surface area contributed by atoms with Crippen molar-refractivity contribution in [1.29, 1.82) is 5.26 Å². The Morgan fingerprint density at radius 1 is 1.33 bits per heavy atom. The topological polar surface area (TPSA) is 112 Å². The van der Waals surface area contributed by atoms with Crippen LogP contribution in [-0.4, -0.2) is 54.2 Å². The van der Waals surface area contributed by atoms with Gasteiger partial charge in [-0.3, -0.25) is 10.1 Å². The van der Waals surface area contributed by atoms with E-state index in [1.807, 2.05) is 31.7 Å². The van der Waals surface area contributed by atoms with Gasteiger partial charge < -0.3 is 19.9 Å². The fourth-order valence-corrected chi connectivity index (χ4v) is 2.83. The first kappa shape index (κ1) is 20.3. The first-order valence-corrected chi connectivity index (χ1v) is 8.84. The molecule has 1 aliphatic rings. The fraction of sp³-hybridized carbons (Fsp3) is 0.556. The summed E-state index contributed by atoms with van der Waals surface area (Å²) in [5.41, 5.74) is 0.324. The van der Waals surface area contributed by atoms with Crippen LogP contribution in [-0.2, 0) is 4.74 Å². The van der Waals surface area contributed by atoms with Crippen molar-refractivity contribution in [2.75, 3.05) is 42.9 Å². The highest BCUT2D eigenvalue weighted by atomic mass is 16.6. The zero-order chi connectivity index (χ0) is 20.0. The van der Waals surface area contributed by atoms with Gasteiger partial charge in [0.2, 0.25) is 0 Å². The zero-order valence-corrected chi connectivity index (χ0v) is 15.9. The second-order valence-corrected chi connectivity index (χ2v) is 7.22. The molecule has 1 saturated heterocycles. The van der Waals surface area contributed by atoms with Crippen LogP contribution >= 0.6 is 0 Å². The number of nitrogens with one attached hydrogen (secondary N) is 1. The van der Waals surface area contributed by atoms with Crippen molar-refractivity contribution in [2.24, 2.45) is 0 Å². The molecule has 1 aromatic carbocycles. The molecule has 1 N–H and O–H groups in total. The summed E-state index contributed by atoms with van der Waals surface area (Å²) >= 11 is 0. The highest BCUT2D eigenvalue weighted by Crippen LogP contribution is 2.36. The Morgan fingerprint density at radius 2 is 2.00 bits per heavy atom. The van der Waals surface area contributed by atoms with Gasteiger partial charge in [-0.05, 0) is 32.9 Å². The van der Waals surface area contributed by atoms with Gasteiger partial charge in [-0.1, -0.05) is 6.07 Å². The average molecular weight is 375 g/mol. The molecule has 0 atom stereocenters. The summed E-state index contributed by atoms with van der Waals surface area (Å²) in [5.74, 6) is 0. The first-order valence-electron chi connectivity index (χ1n) is 8.84. The molecule has 1 fully saturated rings. The van der Waals surface area contributed by atoms with Gasteiger partial charge in [0.05, 0.1) is 17.4 Å². The Balaban J connectivity index is 2.11. The Kier molecular flexibility index (Phi) is 6.45. The number of carbonyl (C=O) groups is 1. The number of nitro benzene ring substituents is 1. The molecule has 9 heteroatoms. The molecule has 1 aliphatic heterocycles. The van der Waals surface area contributed by atoms with Crippen molar-refractivity contribution >= 4 is 23.2 Å². The summed E-state index contributed by atoms with van der Waals surface area (Å²) in [6, 6.07) is 7.09. The second-order valence-electron chi connectivity index (χ2n) is 7.22. The predicted molar refractivity (Wildman–Crippen MR) is 102 cm³/mol. The van der Waals surface area contributed by atoms with Gasteiger partial charge in [0.25, 0.3) is 0 Å². The Hall–Kier alpha value is -3.02. The fourth-order valence-electron chi connectivity index (χ4n) is 2.83. The molecule has 0 bridgehead atoms. The summed E-state index contributed by atoms with van der Waals surface area (Å²) in [5, 5.41) is 23.2. The van der Waals surface area contributed by atoms with E-state index in [1.54, 1.807) is 23.1 Å². The summed E-state index contributed by atoms with van der Waals surface area (Å²) in [4.78, 5) is 26.9. The van der Waals surface area contributed by atoms with Crippen LogP contribution in [0.1, 0.15) is 27.2 Å². The summed E-state index contributed by atoms with van der Waals surface area (Å²) in [7, 11) is 0. The zero-order valence-electron chi connectivity index (χ0n) is 15.9. The molecule has 9 nitrogen and oxygen atoms in total. The number of benzene rings is 1.